The number of likely N-dealkylation sites (tertiary alicyclic amines) is 1. The molecule has 1 heterocycles. The largest absolute Gasteiger partial charge is 0.351 e. The highest BCUT2D eigenvalue weighted by molar-refractivity contribution is 5.85. The zero-order valence-electron chi connectivity index (χ0n) is 15.4. The number of hydrogen-bond acceptors (Lipinski definition) is 3. The predicted molar refractivity (Wildman–Crippen MR) is 109 cm³/mol. The van der Waals surface area contributed by atoms with E-state index in [0.717, 1.165) is 18.5 Å². The Bertz CT molecular complexity index is 488. The maximum atomic E-state index is 11.9. The lowest BCUT2D eigenvalue weighted by Crippen LogP contribution is -2.41. The van der Waals surface area contributed by atoms with E-state index in [1.807, 2.05) is 0 Å². The quantitative estimate of drug-likeness (QED) is 0.749. The van der Waals surface area contributed by atoms with Gasteiger partial charge in [-0.2, -0.15) is 0 Å². The van der Waals surface area contributed by atoms with E-state index in [1.54, 1.807) is 0 Å². The van der Waals surface area contributed by atoms with Crippen LogP contribution >= 0.6 is 24.8 Å². The highest BCUT2D eigenvalue weighted by Gasteiger charge is 2.14. The van der Waals surface area contributed by atoms with Gasteiger partial charge in [0.05, 0.1) is 6.04 Å². The first-order valence-corrected chi connectivity index (χ1v) is 8.88. The molecule has 1 amide bonds. The number of amides is 1. The fourth-order valence-electron chi connectivity index (χ4n) is 3.07. The Labute approximate surface area is 164 Å². The van der Waals surface area contributed by atoms with Gasteiger partial charge in [0.25, 0.3) is 0 Å². The minimum atomic E-state index is -0.409. The minimum Gasteiger partial charge on any atom is -0.351 e. The number of benzene rings is 1. The Balaban J connectivity index is 0.00000288. The van der Waals surface area contributed by atoms with Crippen molar-refractivity contribution in [2.75, 3.05) is 13.1 Å². The monoisotopic (exact) mass is 389 g/mol. The molecule has 0 unspecified atom stereocenters. The van der Waals surface area contributed by atoms with Crippen LogP contribution in [-0.2, 0) is 17.9 Å². The van der Waals surface area contributed by atoms with Crippen LogP contribution in [0.15, 0.2) is 24.3 Å². The van der Waals surface area contributed by atoms with E-state index in [2.05, 4.69) is 48.3 Å². The summed E-state index contributed by atoms with van der Waals surface area (Å²) in [5.41, 5.74) is 8.36. The molecule has 1 aromatic rings. The first-order chi connectivity index (χ1) is 11.0. The number of hydrogen-bond donors (Lipinski definition) is 2. The molecule has 0 bridgehead atoms. The molecule has 25 heavy (non-hydrogen) atoms. The number of rotatable bonds is 7. The molecule has 1 aromatic carbocycles. The Morgan fingerprint density at radius 2 is 1.64 bits per heavy atom. The summed E-state index contributed by atoms with van der Waals surface area (Å²) in [5.74, 6) is 0.376. The molecule has 0 radical (unpaired) electrons. The number of nitrogens with one attached hydrogen (secondary N) is 1. The average Bonchev–Trinajstić information content (AvgIpc) is 2.54. The summed E-state index contributed by atoms with van der Waals surface area (Å²) in [5, 5.41) is 2.93. The van der Waals surface area contributed by atoms with Gasteiger partial charge in [-0.05, 0) is 49.4 Å². The van der Waals surface area contributed by atoms with Gasteiger partial charge in [0.2, 0.25) is 5.91 Å². The molecule has 4 nitrogen and oxygen atoms in total. The SMILES string of the molecule is CC(C)C[C@H](N)C(=O)NCc1ccc(CN2CCCCC2)cc1.Cl.Cl. The molecule has 144 valence electrons. The van der Waals surface area contributed by atoms with Crippen molar-refractivity contribution in [2.45, 2.75) is 58.7 Å². The molecular weight excluding hydrogens is 357 g/mol. The predicted octanol–water partition coefficient (Wildman–Crippen LogP) is 3.51. The van der Waals surface area contributed by atoms with Crippen LogP contribution in [0.3, 0.4) is 0 Å². The van der Waals surface area contributed by atoms with Crippen molar-refractivity contribution in [1.29, 1.82) is 0 Å². The van der Waals surface area contributed by atoms with Gasteiger partial charge in [0.1, 0.15) is 0 Å². The van der Waals surface area contributed by atoms with Gasteiger partial charge in [-0.15, -0.1) is 24.8 Å². The van der Waals surface area contributed by atoms with E-state index in [4.69, 9.17) is 5.73 Å². The normalized spacial score (nSPS) is 15.8. The molecule has 1 atom stereocenters. The summed E-state index contributed by atoms with van der Waals surface area (Å²) in [6.45, 7) is 8.17. The van der Waals surface area contributed by atoms with Crippen LogP contribution in [0, 0.1) is 5.92 Å². The number of carbonyl (C=O) groups excluding carboxylic acids is 1. The molecule has 6 heteroatoms. The molecule has 0 spiro atoms. The van der Waals surface area contributed by atoms with Crippen LogP contribution in [-0.4, -0.2) is 29.9 Å². The van der Waals surface area contributed by atoms with Gasteiger partial charge >= 0.3 is 0 Å². The van der Waals surface area contributed by atoms with E-state index in [-0.39, 0.29) is 30.7 Å². The average molecular weight is 390 g/mol. The molecule has 3 N–H and O–H groups in total. The molecule has 1 fully saturated rings. The number of nitrogens with zero attached hydrogens (tertiary/aromatic N) is 1. The molecule has 1 aliphatic rings. The number of halogens is 2. The van der Waals surface area contributed by atoms with Crippen LogP contribution in [0.1, 0.15) is 50.7 Å². The van der Waals surface area contributed by atoms with Crippen LogP contribution in [0.5, 0.6) is 0 Å². The maximum absolute atomic E-state index is 11.9. The number of nitrogens with two attached hydrogens (primary N) is 1. The Morgan fingerprint density at radius 1 is 1.08 bits per heavy atom. The van der Waals surface area contributed by atoms with Crippen LogP contribution < -0.4 is 11.1 Å². The number of carbonyl (C=O) groups is 1. The second kappa shape index (κ2) is 12.5. The third-order valence-corrected chi connectivity index (χ3v) is 4.41. The maximum Gasteiger partial charge on any atom is 0.237 e. The Kier molecular flexibility index (Phi) is 12.1. The van der Waals surface area contributed by atoms with Gasteiger partial charge in [-0.25, -0.2) is 0 Å². The fraction of sp³-hybridized carbons (Fsp3) is 0.632. The van der Waals surface area contributed by atoms with Gasteiger partial charge < -0.3 is 11.1 Å². The minimum absolute atomic E-state index is 0. The van der Waals surface area contributed by atoms with Crippen molar-refractivity contribution in [3.05, 3.63) is 35.4 Å². The molecule has 0 aliphatic carbocycles. The third kappa shape index (κ3) is 8.91. The fourth-order valence-corrected chi connectivity index (χ4v) is 3.07. The Morgan fingerprint density at radius 3 is 2.20 bits per heavy atom. The molecule has 1 saturated heterocycles. The topological polar surface area (TPSA) is 58.4 Å². The molecule has 2 rings (SSSR count). The second-order valence-corrected chi connectivity index (χ2v) is 7.11. The highest BCUT2D eigenvalue weighted by atomic mass is 35.5. The smallest absolute Gasteiger partial charge is 0.237 e. The van der Waals surface area contributed by atoms with E-state index < -0.39 is 6.04 Å². The Hall–Kier alpha value is -0.810. The first-order valence-electron chi connectivity index (χ1n) is 8.88. The lowest BCUT2D eigenvalue weighted by molar-refractivity contribution is -0.122. The summed E-state index contributed by atoms with van der Waals surface area (Å²) in [7, 11) is 0. The second-order valence-electron chi connectivity index (χ2n) is 7.11. The molecular formula is C19H33Cl2N3O. The van der Waals surface area contributed by atoms with Crippen LogP contribution in [0.4, 0.5) is 0 Å². The lowest BCUT2D eigenvalue weighted by Gasteiger charge is -2.26. The van der Waals surface area contributed by atoms with E-state index >= 15 is 0 Å². The van der Waals surface area contributed by atoms with Crippen molar-refractivity contribution >= 4 is 30.7 Å². The van der Waals surface area contributed by atoms with E-state index in [0.29, 0.717) is 12.5 Å². The van der Waals surface area contributed by atoms with Crippen LogP contribution in [0.25, 0.3) is 0 Å². The lowest BCUT2D eigenvalue weighted by atomic mass is 10.0. The molecule has 1 aliphatic heterocycles. The van der Waals surface area contributed by atoms with Crippen LogP contribution in [0.2, 0.25) is 0 Å². The molecule has 0 aromatic heterocycles. The van der Waals surface area contributed by atoms with Crippen molar-refractivity contribution < 1.29 is 4.79 Å². The van der Waals surface area contributed by atoms with Gasteiger partial charge in [0, 0.05) is 13.1 Å². The summed E-state index contributed by atoms with van der Waals surface area (Å²) in [6.07, 6.45) is 4.73. The van der Waals surface area contributed by atoms with Gasteiger partial charge in [0.15, 0.2) is 0 Å². The zero-order valence-corrected chi connectivity index (χ0v) is 17.0. The third-order valence-electron chi connectivity index (χ3n) is 4.41. The van der Waals surface area contributed by atoms with E-state index in [1.165, 1.54) is 37.9 Å². The number of piperidine rings is 1. The zero-order chi connectivity index (χ0) is 16.7. The summed E-state index contributed by atoms with van der Waals surface area (Å²) >= 11 is 0. The summed E-state index contributed by atoms with van der Waals surface area (Å²) in [4.78, 5) is 14.5. The van der Waals surface area contributed by atoms with Crippen molar-refractivity contribution in [1.82, 2.24) is 10.2 Å². The van der Waals surface area contributed by atoms with E-state index in [9.17, 15) is 4.79 Å². The van der Waals surface area contributed by atoms with Crippen molar-refractivity contribution in [3.8, 4) is 0 Å². The van der Waals surface area contributed by atoms with Crippen molar-refractivity contribution in [3.63, 3.8) is 0 Å². The summed E-state index contributed by atoms with van der Waals surface area (Å²) < 4.78 is 0. The highest BCUT2D eigenvalue weighted by Crippen LogP contribution is 2.13. The standard InChI is InChI=1S/C19H31N3O.2ClH/c1-15(2)12-18(20)19(23)21-13-16-6-8-17(9-7-16)14-22-10-4-3-5-11-22;;/h6-9,15,18H,3-5,10-14,20H2,1-2H3,(H,21,23);2*1H/t18-;;/m0../s1. The van der Waals surface area contributed by atoms with Crippen molar-refractivity contribution in [2.24, 2.45) is 11.7 Å². The van der Waals surface area contributed by atoms with Gasteiger partial charge in [-0.1, -0.05) is 44.5 Å². The summed E-state index contributed by atoms with van der Waals surface area (Å²) in [6, 6.07) is 8.14. The first kappa shape index (κ1) is 24.2. The molecule has 0 saturated carbocycles. The van der Waals surface area contributed by atoms with Gasteiger partial charge in [-0.3, -0.25) is 9.69 Å².